The number of alkyl halides is 4. The number of nitrogens with one attached hydrogen (secondary N) is 1. The number of nitrogens with zero attached hydrogens (tertiary/aromatic N) is 3. The summed E-state index contributed by atoms with van der Waals surface area (Å²) in [4.78, 5) is 16.8. The number of halogens is 5. The Bertz CT molecular complexity index is 1210. The van der Waals surface area contributed by atoms with Gasteiger partial charge in [-0.1, -0.05) is 11.6 Å². The lowest BCUT2D eigenvalue weighted by Gasteiger charge is -2.29. The first-order chi connectivity index (χ1) is 16.6. The van der Waals surface area contributed by atoms with Gasteiger partial charge in [-0.25, -0.2) is 9.37 Å². The lowest BCUT2D eigenvalue weighted by atomic mass is 9.99. The van der Waals surface area contributed by atoms with Gasteiger partial charge in [0.2, 0.25) is 5.88 Å². The number of hydrogen-bond donors (Lipinski definition) is 1. The lowest BCUT2D eigenvalue weighted by molar-refractivity contribution is -0.274. The van der Waals surface area contributed by atoms with E-state index in [1.165, 1.54) is 36.7 Å². The van der Waals surface area contributed by atoms with Crippen LogP contribution in [0.2, 0.25) is 5.02 Å². The molecule has 0 saturated carbocycles. The Kier molecular flexibility index (Phi) is 7.13. The van der Waals surface area contributed by atoms with E-state index < -0.39 is 17.6 Å². The van der Waals surface area contributed by atoms with Gasteiger partial charge in [0, 0.05) is 12.7 Å². The molecule has 13 heteroatoms. The SMILES string of the molecule is O=c1c(Cl)c(NC[C@@]2(F)CCCOC2)cnn1-c1ccc(Oc2ccc(OC(F)(F)F)cc2)nc1. The van der Waals surface area contributed by atoms with Crippen molar-refractivity contribution in [2.45, 2.75) is 24.9 Å². The molecule has 2 aromatic heterocycles. The van der Waals surface area contributed by atoms with Gasteiger partial charge in [0.1, 0.15) is 16.5 Å². The lowest BCUT2D eigenvalue weighted by Crippen LogP contribution is -2.40. The number of benzene rings is 1. The zero-order chi connectivity index (χ0) is 25.1. The molecular formula is C22H19ClF4N4O4. The second-order valence-corrected chi connectivity index (χ2v) is 8.10. The number of ether oxygens (including phenoxy) is 3. The highest BCUT2D eigenvalue weighted by molar-refractivity contribution is 6.32. The predicted octanol–water partition coefficient (Wildman–Crippen LogP) is 4.90. The third-order valence-electron chi connectivity index (χ3n) is 5.03. The first-order valence-electron chi connectivity index (χ1n) is 10.4. The van der Waals surface area contributed by atoms with Crippen molar-refractivity contribution in [2.24, 2.45) is 0 Å². The summed E-state index contributed by atoms with van der Waals surface area (Å²) < 4.78 is 66.9. The van der Waals surface area contributed by atoms with Crippen molar-refractivity contribution in [2.75, 3.05) is 25.1 Å². The Morgan fingerprint density at radius 2 is 1.89 bits per heavy atom. The molecule has 35 heavy (non-hydrogen) atoms. The molecular weight excluding hydrogens is 496 g/mol. The van der Waals surface area contributed by atoms with Crippen LogP contribution in [0, 0.1) is 0 Å². The molecule has 1 aliphatic rings. The fourth-order valence-corrected chi connectivity index (χ4v) is 3.54. The summed E-state index contributed by atoms with van der Waals surface area (Å²) in [6.45, 7) is 0.410. The highest BCUT2D eigenvalue weighted by Gasteiger charge is 2.33. The van der Waals surface area contributed by atoms with Crippen LogP contribution in [-0.4, -0.2) is 46.6 Å². The standard InChI is InChI=1S/C22H19ClF4N4O4/c23-19-17(29-12-21(24)8-1-9-33-13-21)11-30-31(20(19)32)14-2-7-18(28-10-14)34-15-3-5-16(6-4-15)35-22(25,26)27/h2-7,10-11,29H,1,8-9,12-13H2/t21-/m0/s1. The molecule has 0 bridgehead atoms. The minimum absolute atomic E-state index is 0.0340. The number of aromatic nitrogens is 3. The molecule has 3 heterocycles. The van der Waals surface area contributed by atoms with Gasteiger partial charge in [0.05, 0.1) is 36.9 Å². The van der Waals surface area contributed by atoms with Gasteiger partial charge in [0.25, 0.3) is 5.56 Å². The summed E-state index contributed by atoms with van der Waals surface area (Å²) in [5.74, 6) is -0.0386. The number of hydrogen-bond acceptors (Lipinski definition) is 7. The molecule has 0 spiro atoms. The molecule has 1 N–H and O–H groups in total. The van der Waals surface area contributed by atoms with Crippen molar-refractivity contribution >= 4 is 17.3 Å². The predicted molar refractivity (Wildman–Crippen MR) is 118 cm³/mol. The van der Waals surface area contributed by atoms with E-state index in [4.69, 9.17) is 21.1 Å². The topological polar surface area (TPSA) is 87.5 Å². The maximum absolute atomic E-state index is 14.7. The number of anilines is 1. The third kappa shape index (κ3) is 6.40. The summed E-state index contributed by atoms with van der Waals surface area (Å²) in [5.41, 5.74) is -1.71. The van der Waals surface area contributed by atoms with Gasteiger partial charge < -0.3 is 19.5 Å². The highest BCUT2D eigenvalue weighted by atomic mass is 35.5. The molecule has 0 amide bonds. The molecule has 186 valence electrons. The van der Waals surface area contributed by atoms with Crippen molar-refractivity contribution in [3.63, 3.8) is 0 Å². The van der Waals surface area contributed by atoms with Gasteiger partial charge in [0.15, 0.2) is 5.67 Å². The fraction of sp³-hybridized carbons (Fsp3) is 0.318. The van der Waals surface area contributed by atoms with E-state index in [2.05, 4.69) is 20.1 Å². The molecule has 1 fully saturated rings. The van der Waals surface area contributed by atoms with E-state index in [9.17, 15) is 22.4 Å². The van der Waals surface area contributed by atoms with Crippen LogP contribution < -0.4 is 20.3 Å². The van der Waals surface area contributed by atoms with Crippen LogP contribution in [-0.2, 0) is 4.74 Å². The molecule has 8 nitrogen and oxygen atoms in total. The van der Waals surface area contributed by atoms with Crippen molar-refractivity contribution in [3.05, 3.63) is 64.2 Å². The molecule has 4 rings (SSSR count). The fourth-order valence-electron chi connectivity index (χ4n) is 3.34. The summed E-state index contributed by atoms with van der Waals surface area (Å²) in [6, 6.07) is 7.72. The molecule has 1 atom stereocenters. The summed E-state index contributed by atoms with van der Waals surface area (Å²) in [6.07, 6.45) is -1.22. The molecule has 1 aliphatic heterocycles. The van der Waals surface area contributed by atoms with Crippen molar-refractivity contribution in [1.29, 1.82) is 0 Å². The van der Waals surface area contributed by atoms with Crippen LogP contribution in [0.4, 0.5) is 23.2 Å². The minimum Gasteiger partial charge on any atom is -0.439 e. The van der Waals surface area contributed by atoms with Crippen LogP contribution in [0.1, 0.15) is 12.8 Å². The summed E-state index contributed by atoms with van der Waals surface area (Å²) in [5, 5.41) is 6.73. The Hall–Kier alpha value is -3.38. The average Bonchev–Trinajstić information content (AvgIpc) is 2.82. The monoisotopic (exact) mass is 514 g/mol. The van der Waals surface area contributed by atoms with E-state index in [1.807, 2.05) is 0 Å². The zero-order valence-corrected chi connectivity index (χ0v) is 18.8. The van der Waals surface area contributed by atoms with E-state index >= 15 is 0 Å². The Morgan fingerprint density at radius 3 is 2.51 bits per heavy atom. The molecule has 1 saturated heterocycles. The quantitative estimate of drug-likeness (QED) is 0.449. The van der Waals surface area contributed by atoms with Crippen LogP contribution in [0.5, 0.6) is 17.4 Å². The van der Waals surface area contributed by atoms with Crippen molar-refractivity contribution in [1.82, 2.24) is 14.8 Å². The van der Waals surface area contributed by atoms with Crippen molar-refractivity contribution in [3.8, 4) is 23.1 Å². The highest BCUT2D eigenvalue weighted by Crippen LogP contribution is 2.28. The zero-order valence-electron chi connectivity index (χ0n) is 18.0. The Morgan fingerprint density at radius 1 is 1.14 bits per heavy atom. The van der Waals surface area contributed by atoms with Crippen LogP contribution >= 0.6 is 11.6 Å². The van der Waals surface area contributed by atoms with E-state index in [0.717, 1.165) is 16.8 Å². The van der Waals surface area contributed by atoms with Crippen LogP contribution in [0.25, 0.3) is 5.69 Å². The molecule has 3 aromatic rings. The van der Waals surface area contributed by atoms with E-state index in [-0.39, 0.29) is 46.9 Å². The van der Waals surface area contributed by atoms with Crippen molar-refractivity contribution < 1.29 is 31.8 Å². The Balaban J connectivity index is 1.42. The maximum Gasteiger partial charge on any atom is 0.573 e. The summed E-state index contributed by atoms with van der Waals surface area (Å²) >= 11 is 6.19. The van der Waals surface area contributed by atoms with E-state index in [1.54, 1.807) is 0 Å². The van der Waals surface area contributed by atoms with Crippen LogP contribution in [0.15, 0.2) is 53.6 Å². The van der Waals surface area contributed by atoms with Gasteiger partial charge in [-0.2, -0.15) is 9.78 Å². The van der Waals surface area contributed by atoms with E-state index in [0.29, 0.717) is 19.4 Å². The average molecular weight is 515 g/mol. The van der Waals surface area contributed by atoms with Gasteiger partial charge in [-0.05, 0) is 43.2 Å². The normalized spacial score (nSPS) is 18.2. The minimum atomic E-state index is -4.79. The molecule has 0 radical (unpaired) electrons. The Labute approximate surface area is 201 Å². The molecule has 1 aromatic carbocycles. The molecule has 0 aliphatic carbocycles. The van der Waals surface area contributed by atoms with Crippen LogP contribution in [0.3, 0.4) is 0 Å². The summed E-state index contributed by atoms with van der Waals surface area (Å²) in [7, 11) is 0. The number of pyridine rings is 1. The van der Waals surface area contributed by atoms with Gasteiger partial charge in [-0.3, -0.25) is 4.79 Å². The molecule has 0 unspecified atom stereocenters. The first-order valence-corrected chi connectivity index (χ1v) is 10.8. The second kappa shape index (κ2) is 10.1. The number of rotatable bonds is 7. The second-order valence-electron chi connectivity index (χ2n) is 7.73. The largest absolute Gasteiger partial charge is 0.573 e. The smallest absolute Gasteiger partial charge is 0.439 e. The van der Waals surface area contributed by atoms with Gasteiger partial charge in [-0.15, -0.1) is 13.2 Å². The first kappa shape index (κ1) is 24.7. The third-order valence-corrected chi connectivity index (χ3v) is 5.40. The van der Waals surface area contributed by atoms with Gasteiger partial charge >= 0.3 is 6.36 Å². The maximum atomic E-state index is 14.7.